The van der Waals surface area contributed by atoms with Gasteiger partial charge >= 0.3 is 4.87 Å². The standard InChI is InChI=1S/C18H13FN2OS/c19-14-4-5-15(13(7-14)9-20)12-3-6-16-17(8-12)23-18(22)21(16)10-11-1-2-11/h3-8,11H,1-2,10H2. The zero-order valence-electron chi connectivity index (χ0n) is 12.3. The van der Waals surface area contributed by atoms with Gasteiger partial charge in [-0.2, -0.15) is 5.26 Å². The summed E-state index contributed by atoms with van der Waals surface area (Å²) in [6.07, 6.45) is 2.39. The van der Waals surface area contributed by atoms with E-state index in [-0.39, 0.29) is 4.87 Å². The number of hydrogen-bond acceptors (Lipinski definition) is 3. The molecule has 1 aliphatic rings. The lowest BCUT2D eigenvalue weighted by atomic mass is 10.00. The highest BCUT2D eigenvalue weighted by Gasteiger charge is 2.23. The van der Waals surface area contributed by atoms with E-state index < -0.39 is 5.82 Å². The quantitative estimate of drug-likeness (QED) is 0.726. The van der Waals surface area contributed by atoms with E-state index in [4.69, 9.17) is 0 Å². The van der Waals surface area contributed by atoms with Gasteiger partial charge < -0.3 is 0 Å². The predicted octanol–water partition coefficient (Wildman–Crippen LogP) is 4.15. The molecule has 0 amide bonds. The molecule has 0 aliphatic heterocycles. The second kappa shape index (κ2) is 5.32. The number of thiazole rings is 1. The zero-order valence-corrected chi connectivity index (χ0v) is 13.1. The van der Waals surface area contributed by atoms with Crippen molar-refractivity contribution in [3.8, 4) is 17.2 Å². The molecular weight excluding hydrogens is 311 g/mol. The Morgan fingerprint density at radius 2 is 2.09 bits per heavy atom. The Morgan fingerprint density at radius 3 is 2.83 bits per heavy atom. The highest BCUT2D eigenvalue weighted by atomic mass is 32.1. The molecule has 0 unspecified atom stereocenters. The van der Waals surface area contributed by atoms with Gasteiger partial charge in [-0.1, -0.05) is 23.5 Å². The summed E-state index contributed by atoms with van der Waals surface area (Å²) in [4.78, 5) is 12.3. The second-order valence-electron chi connectivity index (χ2n) is 5.91. The van der Waals surface area contributed by atoms with Crippen LogP contribution in [0.3, 0.4) is 0 Å². The highest BCUT2D eigenvalue weighted by Crippen LogP contribution is 2.33. The Morgan fingerprint density at radius 1 is 1.26 bits per heavy atom. The molecule has 4 rings (SSSR count). The van der Waals surface area contributed by atoms with Crippen LogP contribution in [0, 0.1) is 23.1 Å². The van der Waals surface area contributed by atoms with Crippen LogP contribution in [0.25, 0.3) is 21.3 Å². The van der Waals surface area contributed by atoms with Crippen LogP contribution in [0.1, 0.15) is 18.4 Å². The van der Waals surface area contributed by atoms with E-state index in [2.05, 4.69) is 0 Å². The Labute approximate surface area is 136 Å². The molecule has 23 heavy (non-hydrogen) atoms. The fourth-order valence-corrected chi connectivity index (χ4v) is 3.77. The molecule has 0 atom stereocenters. The summed E-state index contributed by atoms with van der Waals surface area (Å²) in [5.74, 6) is 0.207. The van der Waals surface area contributed by atoms with Gasteiger partial charge in [0, 0.05) is 6.54 Å². The SMILES string of the molecule is N#Cc1cc(F)ccc1-c1ccc2c(c1)sc(=O)n2CC1CC1. The molecule has 0 spiro atoms. The number of fused-ring (bicyclic) bond motifs is 1. The highest BCUT2D eigenvalue weighted by molar-refractivity contribution is 7.16. The number of nitrogens with zero attached hydrogens (tertiary/aromatic N) is 2. The van der Waals surface area contributed by atoms with Gasteiger partial charge in [0.25, 0.3) is 0 Å². The summed E-state index contributed by atoms with van der Waals surface area (Å²) in [6, 6.07) is 12.0. The van der Waals surface area contributed by atoms with Gasteiger partial charge in [0.2, 0.25) is 0 Å². The number of benzene rings is 2. The van der Waals surface area contributed by atoms with Crippen LogP contribution >= 0.6 is 11.3 Å². The monoisotopic (exact) mass is 324 g/mol. The van der Waals surface area contributed by atoms with Gasteiger partial charge in [-0.05, 0) is 54.2 Å². The maximum Gasteiger partial charge on any atom is 0.308 e. The minimum absolute atomic E-state index is 0.0589. The molecule has 1 aromatic heterocycles. The first kappa shape index (κ1) is 14.2. The molecule has 1 saturated carbocycles. The minimum Gasteiger partial charge on any atom is -0.298 e. The number of aromatic nitrogens is 1. The van der Waals surface area contributed by atoms with Gasteiger partial charge in [0.15, 0.2) is 0 Å². The molecule has 1 fully saturated rings. The predicted molar refractivity (Wildman–Crippen MR) is 88.9 cm³/mol. The van der Waals surface area contributed by atoms with Crippen LogP contribution in [0.5, 0.6) is 0 Å². The van der Waals surface area contributed by atoms with Crippen molar-refractivity contribution < 1.29 is 4.39 Å². The van der Waals surface area contributed by atoms with Crippen LogP contribution in [0.15, 0.2) is 41.2 Å². The lowest BCUT2D eigenvalue weighted by Gasteiger charge is -2.06. The van der Waals surface area contributed by atoms with Crippen LogP contribution in [0.2, 0.25) is 0 Å². The normalized spacial score (nSPS) is 14.1. The Bertz CT molecular complexity index is 1010. The molecule has 0 bridgehead atoms. The van der Waals surface area contributed by atoms with Crippen molar-refractivity contribution in [2.75, 3.05) is 0 Å². The van der Waals surface area contributed by atoms with Crippen molar-refractivity contribution in [3.05, 3.63) is 57.4 Å². The average Bonchev–Trinajstić information content (AvgIpc) is 3.31. The number of rotatable bonds is 3. The molecular formula is C18H13FN2OS. The maximum absolute atomic E-state index is 13.3. The van der Waals surface area contributed by atoms with Gasteiger partial charge in [-0.25, -0.2) is 4.39 Å². The Kier molecular flexibility index (Phi) is 3.28. The molecule has 3 nitrogen and oxygen atoms in total. The lowest BCUT2D eigenvalue weighted by molar-refractivity contribution is 0.627. The first-order chi connectivity index (χ1) is 11.2. The van der Waals surface area contributed by atoms with Crippen molar-refractivity contribution in [2.45, 2.75) is 19.4 Å². The molecule has 0 N–H and O–H groups in total. The third-order valence-electron chi connectivity index (χ3n) is 4.22. The minimum atomic E-state index is -0.424. The summed E-state index contributed by atoms with van der Waals surface area (Å²) in [5.41, 5.74) is 2.75. The fourth-order valence-electron chi connectivity index (χ4n) is 2.83. The smallest absolute Gasteiger partial charge is 0.298 e. The van der Waals surface area contributed by atoms with Crippen LogP contribution < -0.4 is 4.87 Å². The molecule has 114 valence electrons. The van der Waals surface area contributed by atoms with Crippen molar-refractivity contribution in [1.29, 1.82) is 5.26 Å². The summed E-state index contributed by atoms with van der Waals surface area (Å²) in [7, 11) is 0. The van der Waals surface area contributed by atoms with Crippen molar-refractivity contribution in [1.82, 2.24) is 4.57 Å². The van der Waals surface area contributed by atoms with E-state index >= 15 is 0 Å². The Balaban J connectivity index is 1.84. The lowest BCUT2D eigenvalue weighted by Crippen LogP contribution is -2.13. The van der Waals surface area contributed by atoms with E-state index in [1.807, 2.05) is 28.8 Å². The van der Waals surface area contributed by atoms with Crippen molar-refractivity contribution in [3.63, 3.8) is 0 Å². The second-order valence-corrected chi connectivity index (χ2v) is 6.90. The van der Waals surface area contributed by atoms with Crippen molar-refractivity contribution >= 4 is 21.6 Å². The Hall–Kier alpha value is -2.45. The maximum atomic E-state index is 13.3. The molecule has 5 heteroatoms. The van der Waals surface area contributed by atoms with Crippen LogP contribution in [0.4, 0.5) is 4.39 Å². The summed E-state index contributed by atoms with van der Waals surface area (Å²) >= 11 is 1.22. The fraction of sp³-hybridized carbons (Fsp3) is 0.222. The van der Waals surface area contributed by atoms with E-state index in [1.165, 1.54) is 36.3 Å². The summed E-state index contributed by atoms with van der Waals surface area (Å²) < 4.78 is 16.0. The van der Waals surface area contributed by atoms with Gasteiger partial charge in [0.1, 0.15) is 5.82 Å². The van der Waals surface area contributed by atoms with E-state index in [0.29, 0.717) is 17.0 Å². The summed E-state index contributed by atoms with van der Waals surface area (Å²) in [6.45, 7) is 0.790. The van der Waals surface area contributed by atoms with Crippen molar-refractivity contribution in [2.24, 2.45) is 5.92 Å². The number of halogens is 1. The first-order valence-corrected chi connectivity index (χ1v) is 8.31. The zero-order chi connectivity index (χ0) is 16.0. The largest absolute Gasteiger partial charge is 0.308 e. The molecule has 1 aliphatic carbocycles. The summed E-state index contributed by atoms with van der Waals surface area (Å²) in [5, 5.41) is 9.20. The topological polar surface area (TPSA) is 45.8 Å². The van der Waals surface area contributed by atoms with Gasteiger partial charge in [0.05, 0.1) is 21.8 Å². The number of hydrogen-bond donors (Lipinski definition) is 0. The third-order valence-corrected chi connectivity index (χ3v) is 5.16. The van der Waals surface area contributed by atoms with Crippen LogP contribution in [-0.2, 0) is 6.54 Å². The third kappa shape index (κ3) is 2.55. The molecule has 3 aromatic rings. The molecule has 0 saturated heterocycles. The van der Waals surface area contributed by atoms with E-state index in [0.717, 1.165) is 22.3 Å². The molecule has 1 heterocycles. The van der Waals surface area contributed by atoms with Gasteiger partial charge in [-0.15, -0.1) is 0 Å². The van der Waals surface area contributed by atoms with E-state index in [1.54, 1.807) is 6.07 Å². The average molecular weight is 324 g/mol. The molecule has 0 radical (unpaired) electrons. The van der Waals surface area contributed by atoms with E-state index in [9.17, 15) is 14.4 Å². The van der Waals surface area contributed by atoms with Gasteiger partial charge in [-0.3, -0.25) is 9.36 Å². The first-order valence-electron chi connectivity index (χ1n) is 7.49. The molecule has 2 aromatic carbocycles. The number of nitriles is 1. The van der Waals surface area contributed by atoms with Crippen LogP contribution in [-0.4, -0.2) is 4.57 Å².